The van der Waals surface area contributed by atoms with Crippen molar-refractivity contribution in [3.8, 4) is 33.6 Å². The third kappa shape index (κ3) is 16.0. The number of hydrogen-bond donors (Lipinski definition) is 2. The zero-order chi connectivity index (χ0) is 43.8. The molecule has 4 heterocycles. The van der Waals surface area contributed by atoms with Crippen molar-refractivity contribution in [2.75, 3.05) is 13.1 Å². The molecule has 0 amide bonds. The number of aromatic nitrogens is 8. The van der Waals surface area contributed by atoms with Crippen molar-refractivity contribution in [2.24, 2.45) is 0 Å². The molecule has 14 heteroatoms. The quantitative estimate of drug-likeness (QED) is 0.0535. The maximum absolute atomic E-state index is 12.3. The maximum Gasteiger partial charge on any atom is 0.241 e. The summed E-state index contributed by atoms with van der Waals surface area (Å²) in [5.74, 6) is 0. The van der Waals surface area contributed by atoms with Gasteiger partial charge in [0.25, 0.3) is 0 Å². The molecular formula is C49H59BrN10O2S. The Bertz CT molecular complexity index is 2450. The molecule has 2 N–H and O–H groups in total. The molecule has 7 rings (SSSR count). The Kier molecular flexibility index (Phi) is 19.6. The monoisotopic (exact) mass is 930 g/mol. The molecule has 0 aliphatic rings. The van der Waals surface area contributed by atoms with Crippen LogP contribution in [0.2, 0.25) is 0 Å². The molecule has 0 aliphatic heterocycles. The molecule has 3 aromatic carbocycles. The SMILES string of the molecule is O=S(=O)(NCCCCCCCCn1cc(-c2cccnc2)nn1)c1ccccc1Br.c1ccc(-c2ccccc2CNCCCCCCCCn2cc(-c3cccnc3)nn2)cc1. The van der Waals surface area contributed by atoms with Crippen molar-refractivity contribution in [3.05, 3.63) is 150 Å². The highest BCUT2D eigenvalue weighted by atomic mass is 79.9. The van der Waals surface area contributed by atoms with Crippen molar-refractivity contribution in [1.82, 2.24) is 50.0 Å². The van der Waals surface area contributed by atoms with Gasteiger partial charge in [-0.3, -0.25) is 19.3 Å². The van der Waals surface area contributed by atoms with Gasteiger partial charge in [0.1, 0.15) is 11.4 Å². The van der Waals surface area contributed by atoms with Crippen LogP contribution < -0.4 is 10.0 Å². The predicted octanol–water partition coefficient (Wildman–Crippen LogP) is 10.6. The lowest BCUT2D eigenvalue weighted by atomic mass is 10.00. The minimum absolute atomic E-state index is 0.282. The summed E-state index contributed by atoms with van der Waals surface area (Å²) >= 11 is 3.29. The lowest BCUT2D eigenvalue weighted by molar-refractivity contribution is 0.509. The van der Waals surface area contributed by atoms with Gasteiger partial charge in [-0.15, -0.1) is 10.2 Å². The van der Waals surface area contributed by atoms with E-state index in [1.807, 2.05) is 52.2 Å². The van der Waals surface area contributed by atoms with Crippen LogP contribution in [0.15, 0.2) is 150 Å². The lowest BCUT2D eigenvalue weighted by Crippen LogP contribution is -2.25. The Hall–Kier alpha value is -5.41. The van der Waals surface area contributed by atoms with Crippen LogP contribution in [-0.4, -0.2) is 61.5 Å². The Labute approximate surface area is 381 Å². The van der Waals surface area contributed by atoms with Crippen LogP contribution in [0.1, 0.15) is 82.6 Å². The summed E-state index contributed by atoms with van der Waals surface area (Å²) < 4.78 is 31.7. The molecule has 0 atom stereocenters. The van der Waals surface area contributed by atoms with Crippen LogP contribution in [0, 0.1) is 0 Å². The smallest absolute Gasteiger partial charge is 0.241 e. The van der Waals surface area contributed by atoms with Gasteiger partial charge in [-0.1, -0.05) is 129 Å². The highest BCUT2D eigenvalue weighted by molar-refractivity contribution is 9.10. The fraction of sp³-hybridized carbons (Fsp3) is 0.347. The first kappa shape index (κ1) is 47.1. The van der Waals surface area contributed by atoms with Crippen LogP contribution >= 0.6 is 15.9 Å². The number of aryl methyl sites for hydroxylation is 2. The van der Waals surface area contributed by atoms with Gasteiger partial charge in [-0.2, -0.15) is 0 Å². The second-order valence-corrected chi connectivity index (χ2v) is 18.1. The van der Waals surface area contributed by atoms with Crippen molar-refractivity contribution >= 4 is 26.0 Å². The zero-order valence-corrected chi connectivity index (χ0v) is 38.4. The van der Waals surface area contributed by atoms with Crippen molar-refractivity contribution in [1.29, 1.82) is 0 Å². The average Bonchev–Trinajstić information content (AvgIpc) is 4.01. The second kappa shape index (κ2) is 26.3. The van der Waals surface area contributed by atoms with Crippen molar-refractivity contribution in [3.63, 3.8) is 0 Å². The molecule has 0 saturated heterocycles. The molecule has 0 spiro atoms. The van der Waals surface area contributed by atoms with Crippen LogP contribution in [0.4, 0.5) is 0 Å². The van der Waals surface area contributed by atoms with E-state index in [0.717, 1.165) is 93.6 Å². The summed E-state index contributed by atoms with van der Waals surface area (Å²) in [6, 6.07) is 34.0. The molecule has 4 aromatic heterocycles. The molecule has 7 aromatic rings. The van der Waals surface area contributed by atoms with Crippen LogP contribution in [0.3, 0.4) is 0 Å². The van der Waals surface area contributed by atoms with Crippen LogP contribution in [-0.2, 0) is 29.7 Å². The van der Waals surface area contributed by atoms with Crippen LogP contribution in [0.5, 0.6) is 0 Å². The van der Waals surface area contributed by atoms with Gasteiger partial charge < -0.3 is 5.32 Å². The predicted molar refractivity (Wildman–Crippen MR) is 255 cm³/mol. The minimum atomic E-state index is -3.46. The second-order valence-electron chi connectivity index (χ2n) is 15.5. The Morgan fingerprint density at radius 3 is 1.62 bits per heavy atom. The number of halogens is 1. The standard InChI is InChI=1S/C28H33N5.C21H26BrN5O2S/c1(2-4-11-20-33-23-28(31-32-33)26-16-12-19-30-22-26)3-10-18-29-21-25-15-8-9-17-27(25)24-13-6-5-7-14-24;22-19-11-5-6-12-21(19)30(28,29)24-14-7-3-1-2-4-8-15-27-17-20(25-26-27)18-10-9-13-23-16-18/h5-9,12-17,19,22-23,29H,1-4,10-11,18,20-21H2;5-6,9-13,16-17,24H,1-4,7-8,14-15H2. The van der Waals surface area contributed by atoms with E-state index in [0.29, 0.717) is 11.0 Å². The lowest BCUT2D eigenvalue weighted by Gasteiger charge is -2.11. The molecule has 0 radical (unpaired) electrons. The number of nitrogens with zero attached hydrogens (tertiary/aromatic N) is 8. The first-order valence-corrected chi connectivity index (χ1v) is 24.4. The number of rotatable bonds is 25. The van der Waals surface area contributed by atoms with Crippen molar-refractivity contribution < 1.29 is 8.42 Å². The van der Waals surface area contributed by atoms with Gasteiger partial charge in [-0.25, -0.2) is 13.1 Å². The number of hydrogen-bond acceptors (Lipinski definition) is 9. The molecule has 0 aliphatic carbocycles. The Balaban J connectivity index is 0.000000211. The molecule has 12 nitrogen and oxygen atoms in total. The number of unbranched alkanes of at least 4 members (excludes halogenated alkanes) is 10. The Morgan fingerprint density at radius 1 is 0.524 bits per heavy atom. The molecule has 0 bridgehead atoms. The third-order valence-corrected chi connectivity index (χ3v) is 13.1. The first-order valence-electron chi connectivity index (χ1n) is 22.2. The van der Waals surface area contributed by atoms with Gasteiger partial charge in [0.15, 0.2) is 0 Å². The molecular weight excluding hydrogens is 873 g/mol. The zero-order valence-electron chi connectivity index (χ0n) is 36.0. The van der Waals surface area contributed by atoms with E-state index in [1.165, 1.54) is 48.8 Å². The van der Waals surface area contributed by atoms with E-state index < -0.39 is 10.0 Å². The topological polar surface area (TPSA) is 145 Å². The maximum atomic E-state index is 12.3. The number of pyridine rings is 2. The summed E-state index contributed by atoms with van der Waals surface area (Å²) in [6.07, 6.45) is 24.8. The molecule has 0 unspecified atom stereocenters. The van der Waals surface area contributed by atoms with Crippen molar-refractivity contribution in [2.45, 2.75) is 102 Å². The fourth-order valence-electron chi connectivity index (χ4n) is 7.19. The van der Waals surface area contributed by atoms with Gasteiger partial charge in [0, 0.05) is 66.6 Å². The van der Waals surface area contributed by atoms with E-state index in [2.05, 4.69) is 111 Å². The molecule has 330 valence electrons. The normalized spacial score (nSPS) is 11.3. The third-order valence-electron chi connectivity index (χ3n) is 10.6. The number of sulfonamides is 1. The highest BCUT2D eigenvalue weighted by Gasteiger charge is 2.16. The Morgan fingerprint density at radius 2 is 1.03 bits per heavy atom. The molecule has 63 heavy (non-hydrogen) atoms. The minimum Gasteiger partial charge on any atom is -0.313 e. The number of nitrogens with one attached hydrogen (secondary N) is 2. The molecule has 0 saturated carbocycles. The van der Waals surface area contributed by atoms with E-state index in [1.54, 1.807) is 42.9 Å². The van der Waals surface area contributed by atoms with Gasteiger partial charge in [0.2, 0.25) is 10.0 Å². The first-order chi connectivity index (χ1) is 31.0. The van der Waals surface area contributed by atoms with E-state index in [-0.39, 0.29) is 4.90 Å². The van der Waals surface area contributed by atoms with E-state index in [4.69, 9.17) is 0 Å². The van der Waals surface area contributed by atoms with E-state index in [9.17, 15) is 8.42 Å². The summed E-state index contributed by atoms with van der Waals surface area (Å²) in [6.45, 7) is 4.22. The van der Waals surface area contributed by atoms with Gasteiger partial charge >= 0.3 is 0 Å². The van der Waals surface area contributed by atoms with E-state index >= 15 is 0 Å². The largest absolute Gasteiger partial charge is 0.313 e. The summed E-state index contributed by atoms with van der Waals surface area (Å²) in [5, 5.41) is 20.5. The summed E-state index contributed by atoms with van der Waals surface area (Å²) in [5.41, 5.74) is 7.69. The summed E-state index contributed by atoms with van der Waals surface area (Å²) in [7, 11) is -3.46. The number of benzene rings is 3. The summed E-state index contributed by atoms with van der Waals surface area (Å²) in [4.78, 5) is 8.53. The van der Waals surface area contributed by atoms with Gasteiger partial charge in [-0.05, 0) is 101 Å². The van der Waals surface area contributed by atoms with Crippen LogP contribution in [0.25, 0.3) is 33.6 Å². The fourth-order valence-corrected chi connectivity index (χ4v) is 9.26. The average molecular weight is 932 g/mol. The molecule has 0 fully saturated rings. The van der Waals surface area contributed by atoms with Gasteiger partial charge in [0.05, 0.1) is 17.3 Å². The highest BCUT2D eigenvalue weighted by Crippen LogP contribution is 2.24.